The number of carbonyl (C=O) groups is 1. The van der Waals surface area contributed by atoms with Crippen LogP contribution in [0.3, 0.4) is 0 Å². The van der Waals surface area contributed by atoms with Crippen LogP contribution in [-0.2, 0) is 4.79 Å². The smallest absolute Gasteiger partial charge is 0.219 e. The minimum atomic E-state index is 0.0941. The van der Waals surface area contributed by atoms with Crippen LogP contribution in [0.2, 0.25) is 0 Å². The van der Waals surface area contributed by atoms with Crippen molar-refractivity contribution in [3.8, 4) is 28.6 Å². The van der Waals surface area contributed by atoms with Gasteiger partial charge in [0.1, 0.15) is 0 Å². The number of hydrogen-bond donors (Lipinski definition) is 1. The number of benzene rings is 2. The lowest BCUT2D eigenvalue weighted by Crippen LogP contribution is -2.48. The van der Waals surface area contributed by atoms with E-state index in [1.165, 1.54) is 0 Å². The lowest BCUT2D eigenvalue weighted by Gasteiger charge is -2.34. The summed E-state index contributed by atoms with van der Waals surface area (Å²) < 4.78 is 2.08. The maximum absolute atomic E-state index is 11.8. The van der Waals surface area contributed by atoms with Crippen LogP contribution in [0.25, 0.3) is 39.1 Å². The molecule has 1 aliphatic rings. The number of rotatable bonds is 3. The zero-order chi connectivity index (χ0) is 23.9. The Morgan fingerprint density at radius 2 is 1.83 bits per heavy atom. The molecule has 0 spiro atoms. The highest BCUT2D eigenvalue weighted by Gasteiger charge is 2.25. The van der Waals surface area contributed by atoms with E-state index in [4.69, 9.17) is 9.97 Å². The van der Waals surface area contributed by atoms with Crippen molar-refractivity contribution >= 4 is 28.3 Å². The average molecular weight is 463 g/mol. The Labute approximate surface area is 201 Å². The number of nitriles is 1. The average Bonchev–Trinajstić information content (AvgIpc) is 3.53. The van der Waals surface area contributed by atoms with Crippen molar-refractivity contribution in [1.82, 2.24) is 29.5 Å². The molecule has 5 aromatic rings. The van der Waals surface area contributed by atoms with Gasteiger partial charge in [-0.1, -0.05) is 18.2 Å². The Kier molecular flexibility index (Phi) is 4.92. The number of H-pyrrole nitrogens is 1. The Morgan fingerprint density at radius 3 is 2.57 bits per heavy atom. The van der Waals surface area contributed by atoms with Crippen molar-refractivity contribution in [2.24, 2.45) is 0 Å². The Balaban J connectivity index is 1.53. The summed E-state index contributed by atoms with van der Waals surface area (Å²) in [7, 11) is 0. The Bertz CT molecular complexity index is 1600. The van der Waals surface area contributed by atoms with Gasteiger partial charge in [0.2, 0.25) is 5.91 Å². The van der Waals surface area contributed by atoms with Crippen LogP contribution >= 0.6 is 0 Å². The fourth-order valence-electron chi connectivity index (χ4n) is 4.69. The van der Waals surface area contributed by atoms with Crippen molar-refractivity contribution in [2.75, 3.05) is 31.1 Å². The molecular weight excluding hydrogens is 440 g/mol. The second kappa shape index (κ2) is 8.25. The Hall–Kier alpha value is -4.71. The van der Waals surface area contributed by atoms with Gasteiger partial charge in [-0.3, -0.25) is 14.3 Å². The fourth-order valence-corrected chi connectivity index (χ4v) is 4.69. The van der Waals surface area contributed by atoms with E-state index in [0.29, 0.717) is 31.7 Å². The van der Waals surface area contributed by atoms with Crippen LogP contribution < -0.4 is 4.90 Å². The quantitative estimate of drug-likeness (QED) is 0.440. The van der Waals surface area contributed by atoms with Gasteiger partial charge in [0.25, 0.3) is 0 Å². The minimum Gasteiger partial charge on any atom is -0.350 e. The Morgan fingerprint density at radius 1 is 1.06 bits per heavy atom. The molecule has 4 heterocycles. The molecule has 1 amide bonds. The SMILES string of the molecule is CC(=O)N1CCN(c2nccn3c(-c4ccc5[nH]ncc5c4)c(-c4ccc(C#N)cc4)nc23)CC1. The predicted molar refractivity (Wildman–Crippen MR) is 133 cm³/mol. The third-order valence-electron chi connectivity index (χ3n) is 6.55. The third-order valence-corrected chi connectivity index (χ3v) is 6.55. The van der Waals surface area contributed by atoms with Crippen molar-refractivity contribution in [2.45, 2.75) is 6.92 Å². The molecule has 172 valence electrons. The molecule has 9 heteroatoms. The van der Waals surface area contributed by atoms with Crippen LogP contribution in [0.4, 0.5) is 5.82 Å². The van der Waals surface area contributed by atoms with E-state index >= 15 is 0 Å². The first-order chi connectivity index (χ1) is 17.1. The second-order valence-electron chi connectivity index (χ2n) is 8.61. The molecule has 1 aliphatic heterocycles. The molecule has 1 fully saturated rings. The van der Waals surface area contributed by atoms with E-state index in [9.17, 15) is 10.1 Å². The summed E-state index contributed by atoms with van der Waals surface area (Å²) in [6.07, 6.45) is 5.54. The van der Waals surface area contributed by atoms with Crippen molar-refractivity contribution < 1.29 is 4.79 Å². The molecule has 0 atom stereocenters. The maximum atomic E-state index is 11.8. The molecule has 0 bridgehead atoms. The first kappa shape index (κ1) is 20.9. The molecule has 0 radical (unpaired) electrons. The highest BCUT2D eigenvalue weighted by atomic mass is 16.2. The van der Waals surface area contributed by atoms with Crippen LogP contribution in [0.1, 0.15) is 12.5 Å². The molecular formula is C26H22N8O. The summed E-state index contributed by atoms with van der Waals surface area (Å²) in [5.41, 5.74) is 6.00. The van der Waals surface area contributed by atoms with E-state index in [1.54, 1.807) is 13.1 Å². The number of amides is 1. The number of piperazine rings is 1. The number of aromatic nitrogens is 5. The lowest BCUT2D eigenvalue weighted by molar-refractivity contribution is -0.129. The maximum Gasteiger partial charge on any atom is 0.219 e. The van der Waals surface area contributed by atoms with Gasteiger partial charge in [-0.15, -0.1) is 0 Å². The number of hydrogen-bond acceptors (Lipinski definition) is 6. The first-order valence-electron chi connectivity index (χ1n) is 11.4. The summed E-state index contributed by atoms with van der Waals surface area (Å²) in [6.45, 7) is 4.32. The van der Waals surface area contributed by atoms with E-state index in [-0.39, 0.29) is 5.91 Å². The van der Waals surface area contributed by atoms with Gasteiger partial charge in [-0.05, 0) is 24.3 Å². The molecule has 0 saturated carbocycles. The standard InChI is InChI=1S/C26H22N8O/c1-17(35)32-10-12-33(13-11-32)25-26-30-23(19-4-2-18(15-27)3-5-19)24(34(26)9-8-28-25)20-6-7-22-21(14-20)16-29-31-22/h2-9,14,16H,10-13H2,1H3,(H,29,31). The molecule has 35 heavy (non-hydrogen) atoms. The van der Waals surface area contributed by atoms with E-state index in [1.807, 2.05) is 47.6 Å². The number of nitrogens with zero attached hydrogens (tertiary/aromatic N) is 7. The van der Waals surface area contributed by atoms with Gasteiger partial charge in [0.05, 0.1) is 34.7 Å². The lowest BCUT2D eigenvalue weighted by atomic mass is 10.0. The molecule has 1 saturated heterocycles. The van der Waals surface area contributed by atoms with Gasteiger partial charge < -0.3 is 9.80 Å². The zero-order valence-electron chi connectivity index (χ0n) is 19.1. The minimum absolute atomic E-state index is 0.0941. The molecule has 0 aliphatic carbocycles. The third kappa shape index (κ3) is 3.56. The van der Waals surface area contributed by atoms with Gasteiger partial charge >= 0.3 is 0 Å². The van der Waals surface area contributed by atoms with E-state index in [2.05, 4.69) is 37.7 Å². The second-order valence-corrected chi connectivity index (χ2v) is 8.61. The summed E-state index contributed by atoms with van der Waals surface area (Å²) in [5.74, 6) is 0.887. The highest BCUT2D eigenvalue weighted by Crippen LogP contribution is 2.36. The predicted octanol–water partition coefficient (Wildman–Crippen LogP) is 3.48. The molecule has 6 rings (SSSR count). The van der Waals surface area contributed by atoms with Gasteiger partial charge in [-0.2, -0.15) is 10.4 Å². The van der Waals surface area contributed by atoms with Gasteiger partial charge in [-0.25, -0.2) is 9.97 Å². The summed E-state index contributed by atoms with van der Waals surface area (Å²) in [4.78, 5) is 25.6. The van der Waals surface area contributed by atoms with Crippen molar-refractivity contribution in [3.63, 3.8) is 0 Å². The molecule has 1 N–H and O–H groups in total. The van der Waals surface area contributed by atoms with Gasteiger partial charge in [0, 0.05) is 62.0 Å². The number of anilines is 1. The van der Waals surface area contributed by atoms with Crippen LogP contribution in [0, 0.1) is 11.3 Å². The number of aromatic amines is 1. The summed E-state index contributed by atoms with van der Waals surface area (Å²) >= 11 is 0. The monoisotopic (exact) mass is 462 g/mol. The molecule has 0 unspecified atom stereocenters. The number of nitrogens with one attached hydrogen (secondary N) is 1. The summed E-state index contributed by atoms with van der Waals surface area (Å²) in [6, 6.07) is 15.8. The largest absolute Gasteiger partial charge is 0.350 e. The topological polar surface area (TPSA) is 106 Å². The first-order valence-corrected chi connectivity index (χ1v) is 11.4. The normalized spacial score (nSPS) is 13.9. The zero-order valence-corrected chi connectivity index (χ0v) is 19.1. The van der Waals surface area contributed by atoms with Crippen LogP contribution in [0.5, 0.6) is 0 Å². The number of fused-ring (bicyclic) bond motifs is 2. The summed E-state index contributed by atoms with van der Waals surface area (Å²) in [5, 5.41) is 17.4. The van der Waals surface area contributed by atoms with Crippen molar-refractivity contribution in [1.29, 1.82) is 5.26 Å². The number of imidazole rings is 1. The highest BCUT2D eigenvalue weighted by molar-refractivity contribution is 5.90. The number of carbonyl (C=O) groups excluding carboxylic acids is 1. The van der Waals surface area contributed by atoms with E-state index in [0.717, 1.165) is 44.9 Å². The van der Waals surface area contributed by atoms with Crippen LogP contribution in [0.15, 0.2) is 61.1 Å². The molecule has 9 nitrogen and oxygen atoms in total. The van der Waals surface area contributed by atoms with Crippen LogP contribution in [-0.4, -0.2) is 61.6 Å². The van der Waals surface area contributed by atoms with E-state index < -0.39 is 0 Å². The van der Waals surface area contributed by atoms with Crippen molar-refractivity contribution in [3.05, 3.63) is 66.6 Å². The molecule has 3 aromatic heterocycles. The van der Waals surface area contributed by atoms with Gasteiger partial charge in [0.15, 0.2) is 11.5 Å². The fraction of sp³-hybridized carbons (Fsp3) is 0.192. The molecule has 2 aromatic carbocycles.